The highest BCUT2D eigenvalue weighted by molar-refractivity contribution is 9.10. The molecule has 4 N–H and O–H groups in total. The second-order valence-corrected chi connectivity index (χ2v) is 8.63. The van der Waals surface area contributed by atoms with Gasteiger partial charge in [0.15, 0.2) is 0 Å². The minimum atomic E-state index is -0.888. The summed E-state index contributed by atoms with van der Waals surface area (Å²) in [6.45, 7) is 6.27. The van der Waals surface area contributed by atoms with Gasteiger partial charge in [0.2, 0.25) is 0 Å². The molecule has 1 atom stereocenters. The summed E-state index contributed by atoms with van der Waals surface area (Å²) in [4.78, 5) is 23.7. The molecule has 2 aromatic rings. The van der Waals surface area contributed by atoms with Crippen LogP contribution in [0.1, 0.15) is 54.8 Å². The lowest BCUT2D eigenvalue weighted by Gasteiger charge is -2.16. The fraction of sp³-hybridized carbons (Fsp3) is 0.440. The number of amides is 1. The van der Waals surface area contributed by atoms with Gasteiger partial charge in [-0.15, -0.1) is 0 Å². The molecule has 0 saturated carbocycles. The number of aliphatic hydroxyl groups excluding tert-OH is 2. The van der Waals surface area contributed by atoms with Crippen molar-refractivity contribution in [2.24, 2.45) is 0 Å². The van der Waals surface area contributed by atoms with Gasteiger partial charge in [-0.3, -0.25) is 4.79 Å². The number of hydrogen-bond acceptors (Lipinski definition) is 5. The van der Waals surface area contributed by atoms with Crippen molar-refractivity contribution < 1.29 is 27.7 Å². The number of aliphatic hydroxyl groups is 2. The molecule has 2 aromatic carbocycles. The molecule has 7 nitrogen and oxygen atoms in total. The molecule has 0 aliphatic carbocycles. The Morgan fingerprint density at radius 3 is 1.85 bits per heavy atom. The summed E-state index contributed by atoms with van der Waals surface area (Å²) in [6.07, 6.45) is 0.639. The number of nitrogens with one attached hydrogen (secondary N) is 1. The van der Waals surface area contributed by atoms with Gasteiger partial charge in [0.25, 0.3) is 5.91 Å². The van der Waals surface area contributed by atoms with E-state index < -0.39 is 12.8 Å². The smallest absolute Gasteiger partial charge is 0.335 e. The van der Waals surface area contributed by atoms with Crippen LogP contribution < -0.4 is 5.32 Å². The third-order valence-electron chi connectivity index (χ3n) is 3.95. The highest BCUT2D eigenvalue weighted by Crippen LogP contribution is 2.18. The number of aromatic carboxylic acids is 1. The van der Waals surface area contributed by atoms with Crippen molar-refractivity contribution in [2.75, 3.05) is 40.4 Å². The first-order valence-electron chi connectivity index (χ1n) is 11.7. The number of carbonyl (C=O) groups is 2. The van der Waals surface area contributed by atoms with Gasteiger partial charge in [-0.25, -0.2) is 4.79 Å². The van der Waals surface area contributed by atoms with Crippen LogP contribution in [0, 0.1) is 13.8 Å². The molecule has 34 heavy (non-hydrogen) atoms. The molecule has 0 heterocycles. The zero-order chi connectivity index (χ0) is 28.3. The fourth-order valence-electron chi connectivity index (χ4n) is 2.14. The van der Waals surface area contributed by atoms with Crippen LogP contribution >= 0.6 is 31.9 Å². The normalized spacial score (nSPS) is 11.1. The molecule has 0 bridgehead atoms. The average Bonchev–Trinajstić information content (AvgIpc) is 2.83. The number of carboxylic acid groups (broad SMARTS) is 1. The van der Waals surface area contributed by atoms with Crippen LogP contribution in [0.5, 0.6) is 0 Å². The second-order valence-electron chi connectivity index (χ2n) is 6.92. The molecule has 1 amide bonds. The van der Waals surface area contributed by atoms with Crippen molar-refractivity contribution in [3.63, 3.8) is 0 Å². The van der Waals surface area contributed by atoms with Gasteiger partial charge in [0, 0.05) is 37.4 Å². The molecule has 0 fully saturated rings. The molecule has 0 saturated heterocycles. The number of benzene rings is 2. The predicted octanol–water partition coefficient (Wildman–Crippen LogP) is 4.89. The largest absolute Gasteiger partial charge is 0.478 e. The van der Waals surface area contributed by atoms with Crippen LogP contribution in [0.2, 0.25) is 0 Å². The molecule has 0 spiro atoms. The number of aryl methyl sites for hydroxylation is 2. The van der Waals surface area contributed by atoms with E-state index in [4.69, 9.17) is 18.1 Å². The summed E-state index contributed by atoms with van der Waals surface area (Å²) in [5.74, 6) is -0.958. The monoisotopic (exact) mass is 607 g/mol. The summed E-state index contributed by atoms with van der Waals surface area (Å²) in [6, 6.07) is 10.4. The number of hydrogen-bond donors (Lipinski definition) is 4. The molecule has 9 heteroatoms. The first-order valence-corrected chi connectivity index (χ1v) is 12.2. The van der Waals surface area contributed by atoms with Crippen molar-refractivity contribution in [1.82, 2.24) is 10.2 Å². The Bertz CT molecular complexity index is 916. The van der Waals surface area contributed by atoms with Crippen LogP contribution in [-0.2, 0) is 0 Å². The highest BCUT2D eigenvalue weighted by Gasteiger charge is 2.11. The van der Waals surface area contributed by atoms with E-state index >= 15 is 0 Å². The summed E-state index contributed by atoms with van der Waals surface area (Å²) in [7, 11) is 3.48. The fourth-order valence-corrected chi connectivity index (χ4v) is 2.63. The Morgan fingerprint density at radius 1 is 1.06 bits per heavy atom. The van der Waals surface area contributed by atoms with Crippen molar-refractivity contribution in [3.8, 4) is 0 Å². The molecule has 1 unspecified atom stereocenters. The van der Waals surface area contributed by atoms with Crippen LogP contribution in [0.4, 0.5) is 0 Å². The Hall–Kier alpha value is -1.78. The first kappa shape index (κ1) is 30.3. The number of halogens is 2. The van der Waals surface area contributed by atoms with Crippen LogP contribution in [0.3, 0.4) is 0 Å². The average molecular weight is 609 g/mol. The van der Waals surface area contributed by atoms with E-state index in [1.54, 1.807) is 38.4 Å². The molecular formula is C25H38Br2N2O5. The van der Waals surface area contributed by atoms with E-state index in [-0.39, 0.29) is 19.1 Å². The molecule has 2 rings (SSSR count). The summed E-state index contributed by atoms with van der Waals surface area (Å²) in [5.41, 5.74) is 2.93. The number of likely N-dealkylation sites (N-methyl/N-ethyl adjacent to an activating group) is 2. The van der Waals surface area contributed by atoms with E-state index in [0.29, 0.717) is 30.6 Å². The lowest BCUT2D eigenvalue weighted by atomic mass is 10.1. The van der Waals surface area contributed by atoms with E-state index in [9.17, 15) is 9.59 Å². The molecule has 192 valence electrons. The predicted molar refractivity (Wildman–Crippen MR) is 146 cm³/mol. The van der Waals surface area contributed by atoms with Crippen molar-refractivity contribution in [3.05, 3.63) is 67.6 Å². The Labute approximate surface area is 223 Å². The van der Waals surface area contributed by atoms with E-state index in [1.165, 1.54) is 4.90 Å². The summed E-state index contributed by atoms with van der Waals surface area (Å²) >= 11 is 6.67. The van der Waals surface area contributed by atoms with Crippen molar-refractivity contribution >= 4 is 43.7 Å². The SMILES string of the molecule is CNCCO.Cc1cc(C(=O)N(C)CCO)ccc1Br.Cc1cc(C(=O)O)ccc1Br.[2H]C([3H])CC. The quantitative estimate of drug-likeness (QED) is 0.372. The topological polar surface area (TPSA) is 110 Å². The van der Waals surface area contributed by atoms with Crippen molar-refractivity contribution in [1.29, 1.82) is 0 Å². The lowest BCUT2D eigenvalue weighted by molar-refractivity contribution is 0.0696. The number of rotatable bonds is 6. The van der Waals surface area contributed by atoms with E-state index in [2.05, 4.69) is 37.2 Å². The highest BCUT2D eigenvalue weighted by atomic mass is 79.9. The first-order chi connectivity index (χ1) is 16.9. The molecule has 0 aromatic heterocycles. The minimum Gasteiger partial charge on any atom is -0.478 e. The Kier molecular flexibility index (Phi) is 18.3. The third kappa shape index (κ3) is 15.2. The van der Waals surface area contributed by atoms with Crippen LogP contribution in [0.25, 0.3) is 0 Å². The number of carboxylic acids is 1. The number of nitrogens with zero attached hydrogens (tertiary/aromatic N) is 1. The molecule has 0 aliphatic heterocycles. The maximum Gasteiger partial charge on any atom is 0.335 e. The summed E-state index contributed by atoms with van der Waals surface area (Å²) < 4.78 is 14.9. The minimum absolute atomic E-state index is 0.0161. The van der Waals surface area contributed by atoms with E-state index in [1.807, 2.05) is 32.9 Å². The Morgan fingerprint density at radius 2 is 1.53 bits per heavy atom. The van der Waals surface area contributed by atoms with Gasteiger partial charge in [0.1, 0.15) is 0 Å². The van der Waals surface area contributed by atoms with Gasteiger partial charge in [0.05, 0.1) is 18.8 Å². The van der Waals surface area contributed by atoms with Gasteiger partial charge >= 0.3 is 5.97 Å². The van der Waals surface area contributed by atoms with Gasteiger partial charge in [-0.1, -0.05) is 52.1 Å². The molecule has 0 aliphatic rings. The summed E-state index contributed by atoms with van der Waals surface area (Å²) in [5, 5.41) is 28.1. The van der Waals surface area contributed by atoms with Crippen molar-refractivity contribution in [2.45, 2.75) is 34.1 Å². The molecule has 0 radical (unpaired) electrons. The lowest BCUT2D eigenvalue weighted by Crippen LogP contribution is -2.29. The maximum atomic E-state index is 11.8. The Balaban J connectivity index is 0. The van der Waals surface area contributed by atoms with Gasteiger partial charge in [-0.2, -0.15) is 0 Å². The van der Waals surface area contributed by atoms with Gasteiger partial charge in [-0.05, 0) is 68.4 Å². The van der Waals surface area contributed by atoms with Crippen LogP contribution in [-0.4, -0.2) is 72.5 Å². The zero-order valence-corrected chi connectivity index (χ0v) is 23.6. The number of carbonyl (C=O) groups excluding carboxylic acids is 1. The second kappa shape index (κ2) is 20.6. The standard InChI is InChI=1S/C11H14BrNO2.C8H7BrO2.C3H9NO.C3H8/c1-8-7-9(3-4-10(8)12)11(15)13(2)5-6-14;1-5-4-6(8(10)11)2-3-7(5)9;1-4-2-3-5;1-3-2/h3-4,7,14H,5-6H2,1-2H3;2-4H,1H3,(H,10,11);4-5H,2-3H2,1H3;3H2,1-2H3/i;;;1TD. The van der Waals surface area contributed by atoms with Gasteiger partial charge < -0.3 is 25.5 Å². The zero-order valence-electron chi connectivity index (χ0n) is 22.4. The third-order valence-corrected chi connectivity index (χ3v) is 5.73. The van der Waals surface area contributed by atoms with Crippen LogP contribution in [0.15, 0.2) is 45.3 Å². The maximum absolute atomic E-state index is 11.8. The van der Waals surface area contributed by atoms with E-state index in [0.717, 1.165) is 20.1 Å². The molecular weight excluding hydrogens is 568 g/mol.